The first-order valence-electron chi connectivity index (χ1n) is 7.96. The Kier molecular flexibility index (Phi) is 3.61. The standard InChI is InChI=1S/C18H13N5O3S/c1-10-3-6-15(11(2)7-10)27(25,26)18-16-20-17(24)13-5-4-12(9-19)8-14(13)23(16)22-21-18/h3-8,22H,1-2H3. The lowest BCUT2D eigenvalue weighted by molar-refractivity contribution is 0.592. The monoisotopic (exact) mass is 379 g/mol. The molecule has 0 bridgehead atoms. The van der Waals surface area contributed by atoms with Crippen LogP contribution in [0.2, 0.25) is 0 Å². The number of aryl methyl sites for hydroxylation is 2. The molecular formula is C18H13N5O3S. The average Bonchev–Trinajstić information content (AvgIpc) is 3.05. The van der Waals surface area contributed by atoms with Gasteiger partial charge in [0.2, 0.25) is 14.9 Å². The summed E-state index contributed by atoms with van der Waals surface area (Å²) in [6.07, 6.45) is 0. The Morgan fingerprint density at radius 1 is 1.15 bits per heavy atom. The van der Waals surface area contributed by atoms with Gasteiger partial charge in [-0.05, 0) is 43.7 Å². The topological polar surface area (TPSA) is 121 Å². The molecular weight excluding hydrogens is 366 g/mol. The summed E-state index contributed by atoms with van der Waals surface area (Å²) >= 11 is 0. The number of fused-ring (bicyclic) bond motifs is 3. The summed E-state index contributed by atoms with van der Waals surface area (Å²) < 4.78 is 27.5. The van der Waals surface area contributed by atoms with Crippen molar-refractivity contribution in [3.05, 3.63) is 63.4 Å². The van der Waals surface area contributed by atoms with Crippen molar-refractivity contribution in [3.63, 3.8) is 0 Å². The minimum absolute atomic E-state index is 0.0993. The van der Waals surface area contributed by atoms with Crippen molar-refractivity contribution in [1.82, 2.24) is 19.8 Å². The zero-order chi connectivity index (χ0) is 19.3. The van der Waals surface area contributed by atoms with E-state index in [2.05, 4.69) is 15.3 Å². The highest BCUT2D eigenvalue weighted by atomic mass is 32.2. The van der Waals surface area contributed by atoms with E-state index in [-0.39, 0.29) is 21.0 Å². The SMILES string of the molecule is Cc1ccc(S(=O)(=O)c2n[nH]n3c2nc(=O)c2ccc(C#N)cc23)c(C)c1. The van der Waals surface area contributed by atoms with Gasteiger partial charge in [0, 0.05) is 0 Å². The highest BCUT2D eigenvalue weighted by molar-refractivity contribution is 7.91. The van der Waals surface area contributed by atoms with Crippen LogP contribution < -0.4 is 5.56 Å². The van der Waals surface area contributed by atoms with Crippen molar-refractivity contribution in [2.24, 2.45) is 0 Å². The molecule has 0 aliphatic rings. The third kappa shape index (κ3) is 2.50. The molecule has 0 fully saturated rings. The first kappa shape index (κ1) is 16.9. The zero-order valence-electron chi connectivity index (χ0n) is 14.4. The van der Waals surface area contributed by atoms with Gasteiger partial charge in [-0.2, -0.15) is 10.2 Å². The first-order valence-corrected chi connectivity index (χ1v) is 9.44. The van der Waals surface area contributed by atoms with Crippen LogP contribution in [-0.2, 0) is 9.84 Å². The summed E-state index contributed by atoms with van der Waals surface area (Å²) in [6, 6.07) is 11.4. The highest BCUT2D eigenvalue weighted by Gasteiger charge is 2.27. The van der Waals surface area contributed by atoms with Crippen LogP contribution in [0.4, 0.5) is 0 Å². The number of nitrogens with one attached hydrogen (secondary N) is 1. The fourth-order valence-corrected chi connectivity index (χ4v) is 4.54. The maximum Gasteiger partial charge on any atom is 0.281 e. The molecule has 2 heterocycles. The van der Waals surface area contributed by atoms with Crippen LogP contribution in [0.25, 0.3) is 16.6 Å². The number of nitrogens with zero attached hydrogens (tertiary/aromatic N) is 4. The minimum atomic E-state index is -4.00. The molecule has 27 heavy (non-hydrogen) atoms. The third-order valence-electron chi connectivity index (χ3n) is 4.33. The molecule has 0 unspecified atom stereocenters. The Hall–Kier alpha value is -3.51. The molecule has 134 valence electrons. The van der Waals surface area contributed by atoms with E-state index in [0.717, 1.165) is 5.56 Å². The van der Waals surface area contributed by atoms with Crippen molar-refractivity contribution in [3.8, 4) is 6.07 Å². The average molecular weight is 379 g/mol. The summed E-state index contributed by atoms with van der Waals surface area (Å²) in [7, 11) is -4.00. The van der Waals surface area contributed by atoms with Crippen molar-refractivity contribution < 1.29 is 8.42 Å². The van der Waals surface area contributed by atoms with Gasteiger partial charge in [0.1, 0.15) is 0 Å². The molecule has 2 aromatic carbocycles. The fraction of sp³-hybridized carbons (Fsp3) is 0.111. The quantitative estimate of drug-likeness (QED) is 0.568. The van der Waals surface area contributed by atoms with Crippen LogP contribution in [-0.4, -0.2) is 28.2 Å². The molecule has 0 radical (unpaired) electrons. The fourth-order valence-electron chi connectivity index (χ4n) is 3.06. The van der Waals surface area contributed by atoms with E-state index >= 15 is 0 Å². The van der Waals surface area contributed by atoms with Crippen molar-refractivity contribution >= 4 is 26.4 Å². The van der Waals surface area contributed by atoms with E-state index in [1.807, 2.05) is 13.0 Å². The van der Waals surface area contributed by atoms with Gasteiger partial charge in [-0.15, -0.1) is 5.10 Å². The van der Waals surface area contributed by atoms with Crippen molar-refractivity contribution in [1.29, 1.82) is 5.26 Å². The summed E-state index contributed by atoms with van der Waals surface area (Å²) in [6.45, 7) is 3.57. The first-order chi connectivity index (χ1) is 12.8. The van der Waals surface area contributed by atoms with Crippen molar-refractivity contribution in [2.75, 3.05) is 0 Å². The maximum atomic E-state index is 13.1. The van der Waals surface area contributed by atoms with Crippen LogP contribution in [0.5, 0.6) is 0 Å². The Morgan fingerprint density at radius 2 is 1.93 bits per heavy atom. The summed E-state index contributed by atoms with van der Waals surface area (Å²) in [5, 5.41) is 15.5. The van der Waals surface area contributed by atoms with Crippen LogP contribution in [0.15, 0.2) is 51.1 Å². The second-order valence-electron chi connectivity index (χ2n) is 6.21. The van der Waals surface area contributed by atoms with Gasteiger partial charge >= 0.3 is 0 Å². The number of rotatable bonds is 2. The predicted molar refractivity (Wildman–Crippen MR) is 97.2 cm³/mol. The molecule has 4 aromatic rings. The molecule has 0 atom stereocenters. The second kappa shape index (κ2) is 5.75. The largest absolute Gasteiger partial charge is 0.281 e. The lowest BCUT2D eigenvalue weighted by atomic mass is 10.2. The Bertz CT molecular complexity index is 1440. The molecule has 0 amide bonds. The highest BCUT2D eigenvalue weighted by Crippen LogP contribution is 2.26. The van der Waals surface area contributed by atoms with Gasteiger partial charge in [0.25, 0.3) is 5.56 Å². The number of H-pyrrole nitrogens is 1. The molecule has 4 rings (SSSR count). The number of hydrogen-bond donors (Lipinski definition) is 1. The summed E-state index contributed by atoms with van der Waals surface area (Å²) in [5.74, 6) is 0. The molecule has 0 aliphatic carbocycles. The third-order valence-corrected chi connectivity index (χ3v) is 6.15. The molecule has 2 aromatic heterocycles. The van der Waals surface area contributed by atoms with E-state index in [4.69, 9.17) is 5.26 Å². The molecule has 0 aliphatic heterocycles. The zero-order valence-corrected chi connectivity index (χ0v) is 15.2. The van der Waals surface area contributed by atoms with Gasteiger partial charge in [-0.3, -0.25) is 4.79 Å². The number of aromatic nitrogens is 4. The molecule has 0 saturated heterocycles. The lowest BCUT2D eigenvalue weighted by Gasteiger charge is -2.06. The normalized spacial score (nSPS) is 11.7. The summed E-state index contributed by atoms with van der Waals surface area (Å²) in [4.78, 5) is 16.4. The van der Waals surface area contributed by atoms with E-state index in [1.165, 1.54) is 28.8 Å². The minimum Gasteiger partial charge on any atom is -0.267 e. The molecule has 9 heteroatoms. The smallest absolute Gasteiger partial charge is 0.267 e. The van der Waals surface area contributed by atoms with E-state index in [0.29, 0.717) is 16.6 Å². The molecule has 1 N–H and O–H groups in total. The second-order valence-corrected chi connectivity index (χ2v) is 8.04. The van der Waals surface area contributed by atoms with Crippen molar-refractivity contribution in [2.45, 2.75) is 23.8 Å². The van der Waals surface area contributed by atoms with Crippen LogP contribution >= 0.6 is 0 Å². The lowest BCUT2D eigenvalue weighted by Crippen LogP contribution is -2.12. The molecule has 0 saturated carbocycles. The van der Waals surface area contributed by atoms with Gasteiger partial charge in [-0.25, -0.2) is 18.1 Å². The van der Waals surface area contributed by atoms with Gasteiger partial charge in [0.15, 0.2) is 5.65 Å². The maximum absolute atomic E-state index is 13.1. The molecule has 0 spiro atoms. The van der Waals surface area contributed by atoms with Crippen LogP contribution in [0.3, 0.4) is 0 Å². The number of aromatic amines is 1. The van der Waals surface area contributed by atoms with E-state index in [9.17, 15) is 13.2 Å². The summed E-state index contributed by atoms with van der Waals surface area (Å²) in [5.41, 5.74) is 1.47. The number of benzene rings is 2. The van der Waals surface area contributed by atoms with Gasteiger partial charge in [0.05, 0.1) is 27.4 Å². The number of nitriles is 1. The number of sulfone groups is 1. The Balaban J connectivity index is 2.07. The van der Waals surface area contributed by atoms with Gasteiger partial charge < -0.3 is 0 Å². The van der Waals surface area contributed by atoms with E-state index < -0.39 is 15.4 Å². The Labute approximate surface area is 153 Å². The van der Waals surface area contributed by atoms with Gasteiger partial charge in [-0.1, -0.05) is 17.7 Å². The van der Waals surface area contributed by atoms with E-state index in [1.54, 1.807) is 19.1 Å². The number of hydrogen-bond acceptors (Lipinski definition) is 6. The molecule has 8 nitrogen and oxygen atoms in total. The van der Waals surface area contributed by atoms with Crippen LogP contribution in [0, 0.1) is 25.2 Å². The van der Waals surface area contributed by atoms with Crippen LogP contribution in [0.1, 0.15) is 16.7 Å². The predicted octanol–water partition coefficient (Wildman–Crippen LogP) is 1.89. The Morgan fingerprint density at radius 3 is 2.63 bits per heavy atom.